The van der Waals surface area contributed by atoms with E-state index >= 15 is 0 Å². The second-order valence-corrected chi connectivity index (χ2v) is 3.87. The molecule has 2 rings (SSSR count). The van der Waals surface area contributed by atoms with Gasteiger partial charge in [-0.15, -0.1) is 0 Å². The zero-order valence-electron chi connectivity index (χ0n) is 10.1. The number of pyridine rings is 1. The fourth-order valence-corrected chi connectivity index (χ4v) is 1.60. The Bertz CT molecular complexity index is 470. The summed E-state index contributed by atoms with van der Waals surface area (Å²) < 4.78 is 0. The monoisotopic (exact) mass is 228 g/mol. The Morgan fingerprint density at radius 3 is 2.82 bits per heavy atom. The fraction of sp³-hybridized carbons (Fsp3) is 0.308. The van der Waals surface area contributed by atoms with Gasteiger partial charge in [0.1, 0.15) is 12.1 Å². The van der Waals surface area contributed by atoms with Gasteiger partial charge in [-0.1, -0.05) is 13.0 Å². The number of nitrogens with zero attached hydrogens (tertiary/aromatic N) is 3. The lowest BCUT2D eigenvalue weighted by molar-refractivity contribution is 0.827. The number of anilines is 1. The van der Waals surface area contributed by atoms with Crippen molar-refractivity contribution < 1.29 is 0 Å². The molecule has 4 heteroatoms. The van der Waals surface area contributed by atoms with E-state index in [-0.39, 0.29) is 6.04 Å². The summed E-state index contributed by atoms with van der Waals surface area (Å²) in [6, 6.07) is 8.00. The van der Waals surface area contributed by atoms with E-state index < -0.39 is 0 Å². The smallest absolute Gasteiger partial charge is 0.130 e. The van der Waals surface area contributed by atoms with Crippen molar-refractivity contribution in [2.24, 2.45) is 0 Å². The molecular formula is C13H16N4. The summed E-state index contributed by atoms with van der Waals surface area (Å²) in [6.45, 7) is 4.14. The van der Waals surface area contributed by atoms with Crippen LogP contribution in [0, 0.1) is 0 Å². The van der Waals surface area contributed by atoms with E-state index in [9.17, 15) is 0 Å². The summed E-state index contributed by atoms with van der Waals surface area (Å²) in [5, 5.41) is 3.32. The number of hydrogen-bond acceptors (Lipinski definition) is 4. The molecule has 1 N–H and O–H groups in total. The predicted molar refractivity (Wildman–Crippen MR) is 67.7 cm³/mol. The van der Waals surface area contributed by atoms with Crippen molar-refractivity contribution in [1.82, 2.24) is 15.0 Å². The van der Waals surface area contributed by atoms with Gasteiger partial charge in [0.15, 0.2) is 0 Å². The second kappa shape index (κ2) is 5.39. The zero-order valence-corrected chi connectivity index (χ0v) is 10.1. The molecule has 0 amide bonds. The fourth-order valence-electron chi connectivity index (χ4n) is 1.60. The van der Waals surface area contributed by atoms with Crippen molar-refractivity contribution in [2.45, 2.75) is 26.3 Å². The summed E-state index contributed by atoms with van der Waals surface area (Å²) >= 11 is 0. The minimum atomic E-state index is 0.135. The van der Waals surface area contributed by atoms with Gasteiger partial charge in [0, 0.05) is 18.0 Å². The number of nitrogens with one attached hydrogen (secondary N) is 1. The van der Waals surface area contributed by atoms with Crippen molar-refractivity contribution in [2.75, 3.05) is 5.32 Å². The standard InChI is InChI=1S/C13H16N4/c1-3-11-8-13(16-9-15-11)17-10(2)12-6-4-5-7-14-12/h4-10H,3H2,1-2H3,(H,15,16,17). The Balaban J connectivity index is 2.10. The summed E-state index contributed by atoms with van der Waals surface area (Å²) in [4.78, 5) is 12.7. The number of rotatable bonds is 4. The van der Waals surface area contributed by atoms with E-state index in [1.54, 1.807) is 12.5 Å². The van der Waals surface area contributed by atoms with Crippen LogP contribution in [0.25, 0.3) is 0 Å². The van der Waals surface area contributed by atoms with Gasteiger partial charge in [-0.2, -0.15) is 0 Å². The third-order valence-electron chi connectivity index (χ3n) is 2.58. The average Bonchev–Trinajstić information content (AvgIpc) is 2.40. The zero-order chi connectivity index (χ0) is 12.1. The highest BCUT2D eigenvalue weighted by Crippen LogP contribution is 2.15. The maximum absolute atomic E-state index is 4.31. The van der Waals surface area contributed by atoms with Gasteiger partial charge >= 0.3 is 0 Å². The Kier molecular flexibility index (Phi) is 3.65. The summed E-state index contributed by atoms with van der Waals surface area (Å²) in [5.74, 6) is 0.843. The van der Waals surface area contributed by atoms with Gasteiger partial charge in [-0.25, -0.2) is 9.97 Å². The molecule has 1 unspecified atom stereocenters. The maximum atomic E-state index is 4.31. The summed E-state index contributed by atoms with van der Waals surface area (Å²) in [5.41, 5.74) is 2.04. The molecule has 0 saturated carbocycles. The van der Waals surface area contributed by atoms with Crippen LogP contribution in [0.4, 0.5) is 5.82 Å². The lowest BCUT2D eigenvalue weighted by atomic mass is 10.2. The molecule has 1 atom stereocenters. The largest absolute Gasteiger partial charge is 0.362 e. The first-order chi connectivity index (χ1) is 8.29. The lowest BCUT2D eigenvalue weighted by Gasteiger charge is -2.13. The maximum Gasteiger partial charge on any atom is 0.130 e. The van der Waals surface area contributed by atoms with Crippen LogP contribution in [0.15, 0.2) is 36.8 Å². The van der Waals surface area contributed by atoms with Crippen LogP contribution in [-0.2, 0) is 6.42 Å². The topological polar surface area (TPSA) is 50.7 Å². The van der Waals surface area contributed by atoms with Crippen LogP contribution in [0.1, 0.15) is 31.3 Å². The predicted octanol–water partition coefficient (Wildman–Crippen LogP) is 2.61. The molecule has 0 spiro atoms. The summed E-state index contributed by atoms with van der Waals surface area (Å²) in [7, 11) is 0. The third kappa shape index (κ3) is 3.00. The van der Waals surface area contributed by atoms with Crippen molar-refractivity contribution in [3.05, 3.63) is 48.2 Å². The van der Waals surface area contributed by atoms with Crippen molar-refractivity contribution in [1.29, 1.82) is 0 Å². The Morgan fingerprint density at radius 2 is 2.12 bits per heavy atom. The molecule has 4 nitrogen and oxygen atoms in total. The molecule has 0 aliphatic rings. The first-order valence-electron chi connectivity index (χ1n) is 5.78. The van der Waals surface area contributed by atoms with Gasteiger partial charge < -0.3 is 5.32 Å². The van der Waals surface area contributed by atoms with Gasteiger partial charge in [-0.3, -0.25) is 4.98 Å². The van der Waals surface area contributed by atoms with Crippen LogP contribution in [0.2, 0.25) is 0 Å². The lowest BCUT2D eigenvalue weighted by Crippen LogP contribution is -2.09. The molecule has 88 valence electrons. The molecular weight excluding hydrogens is 212 g/mol. The van der Waals surface area contributed by atoms with E-state index in [1.807, 2.05) is 24.3 Å². The average molecular weight is 228 g/mol. The Hall–Kier alpha value is -1.97. The van der Waals surface area contributed by atoms with E-state index in [0.29, 0.717) is 0 Å². The van der Waals surface area contributed by atoms with Crippen LogP contribution < -0.4 is 5.32 Å². The molecule has 2 heterocycles. The van der Waals surface area contributed by atoms with Gasteiger partial charge in [0.05, 0.1) is 11.7 Å². The molecule has 17 heavy (non-hydrogen) atoms. The first-order valence-corrected chi connectivity index (χ1v) is 5.78. The van der Waals surface area contributed by atoms with E-state index in [4.69, 9.17) is 0 Å². The second-order valence-electron chi connectivity index (χ2n) is 3.87. The third-order valence-corrected chi connectivity index (χ3v) is 2.58. The quantitative estimate of drug-likeness (QED) is 0.874. The van der Waals surface area contributed by atoms with E-state index in [1.165, 1.54) is 0 Å². The van der Waals surface area contributed by atoms with E-state index in [0.717, 1.165) is 23.6 Å². The molecule has 2 aromatic heterocycles. The van der Waals surface area contributed by atoms with Crippen LogP contribution >= 0.6 is 0 Å². The normalized spacial score (nSPS) is 12.1. The van der Waals surface area contributed by atoms with E-state index in [2.05, 4.69) is 34.1 Å². The van der Waals surface area contributed by atoms with Gasteiger partial charge in [0.2, 0.25) is 0 Å². The molecule has 0 aromatic carbocycles. The molecule has 0 fully saturated rings. The molecule has 0 saturated heterocycles. The molecule has 2 aromatic rings. The number of hydrogen-bond donors (Lipinski definition) is 1. The molecule has 0 radical (unpaired) electrons. The Morgan fingerprint density at radius 1 is 1.24 bits per heavy atom. The highest BCUT2D eigenvalue weighted by Gasteiger charge is 2.06. The Labute approximate surface area is 101 Å². The number of aryl methyl sites for hydroxylation is 1. The SMILES string of the molecule is CCc1cc(NC(C)c2ccccn2)ncn1. The molecule has 0 aliphatic heterocycles. The highest BCUT2D eigenvalue weighted by atomic mass is 15.0. The highest BCUT2D eigenvalue weighted by molar-refractivity contribution is 5.37. The summed E-state index contributed by atoms with van der Waals surface area (Å²) in [6.07, 6.45) is 4.30. The van der Waals surface area contributed by atoms with Crippen molar-refractivity contribution >= 4 is 5.82 Å². The minimum absolute atomic E-state index is 0.135. The molecule has 0 bridgehead atoms. The van der Waals surface area contributed by atoms with Crippen molar-refractivity contribution in [3.8, 4) is 0 Å². The van der Waals surface area contributed by atoms with Crippen molar-refractivity contribution in [3.63, 3.8) is 0 Å². The van der Waals surface area contributed by atoms with Gasteiger partial charge in [-0.05, 0) is 25.5 Å². The van der Waals surface area contributed by atoms with Crippen LogP contribution in [0.3, 0.4) is 0 Å². The van der Waals surface area contributed by atoms with Crippen LogP contribution in [-0.4, -0.2) is 15.0 Å². The van der Waals surface area contributed by atoms with Gasteiger partial charge in [0.25, 0.3) is 0 Å². The van der Waals surface area contributed by atoms with Crippen LogP contribution in [0.5, 0.6) is 0 Å². The number of aromatic nitrogens is 3. The minimum Gasteiger partial charge on any atom is -0.362 e. The molecule has 0 aliphatic carbocycles. The first kappa shape index (κ1) is 11.5.